The molecule has 0 aliphatic carbocycles. The minimum Gasteiger partial charge on any atom is -0.319 e. The molecule has 1 aliphatic heterocycles. The van der Waals surface area contributed by atoms with Gasteiger partial charge < -0.3 is 10.3 Å². The van der Waals surface area contributed by atoms with Crippen LogP contribution in [0.15, 0.2) is 23.0 Å². The van der Waals surface area contributed by atoms with Crippen molar-refractivity contribution in [1.29, 1.82) is 0 Å². The van der Waals surface area contributed by atoms with Gasteiger partial charge in [0, 0.05) is 11.6 Å². The predicted octanol–water partition coefficient (Wildman–Crippen LogP) is 2.04. The normalized spacial score (nSPS) is 18.5. The zero-order valence-corrected chi connectivity index (χ0v) is 14.0. The molecule has 1 aromatic heterocycles. The van der Waals surface area contributed by atoms with Crippen LogP contribution in [0.1, 0.15) is 12.2 Å². The number of rotatable bonds is 4. The summed E-state index contributed by atoms with van der Waals surface area (Å²) in [7, 11) is 1.98. The monoisotopic (exact) mass is 342 g/mol. The molecule has 3 rings (SSSR count). The first-order valence-electron chi connectivity index (χ1n) is 7.21. The van der Waals surface area contributed by atoms with Crippen molar-refractivity contribution in [2.45, 2.75) is 13.0 Å². The van der Waals surface area contributed by atoms with Gasteiger partial charge in [-0.2, -0.15) is 0 Å². The molecular formula is C15H20Cl2N4O. The average molecular weight is 343 g/mol. The molecule has 120 valence electrons. The van der Waals surface area contributed by atoms with Crippen molar-refractivity contribution in [2.24, 2.45) is 5.92 Å². The Labute approximate surface area is 140 Å². The third kappa shape index (κ3) is 3.79. The lowest BCUT2D eigenvalue weighted by Crippen LogP contribution is -2.26. The summed E-state index contributed by atoms with van der Waals surface area (Å²) >= 11 is 5.92. The highest BCUT2D eigenvalue weighted by Crippen LogP contribution is 2.18. The van der Waals surface area contributed by atoms with Gasteiger partial charge in [-0.05, 0) is 50.7 Å². The Morgan fingerprint density at radius 2 is 2.32 bits per heavy atom. The SMILES string of the molecule is CNCC1CCN(Cc2nc3ccc(Cl)cc3c(=O)[nH]2)C1.Cl. The lowest BCUT2D eigenvalue weighted by molar-refractivity contribution is 0.307. The first kappa shape index (κ1) is 17.2. The summed E-state index contributed by atoms with van der Waals surface area (Å²) in [4.78, 5) is 21.9. The van der Waals surface area contributed by atoms with Crippen molar-refractivity contribution in [3.8, 4) is 0 Å². The predicted molar refractivity (Wildman–Crippen MR) is 91.9 cm³/mol. The summed E-state index contributed by atoms with van der Waals surface area (Å²) in [5.74, 6) is 1.40. The molecule has 1 aliphatic rings. The average Bonchev–Trinajstić information content (AvgIpc) is 2.87. The van der Waals surface area contributed by atoms with Gasteiger partial charge in [-0.25, -0.2) is 4.98 Å². The largest absolute Gasteiger partial charge is 0.319 e. The summed E-state index contributed by atoms with van der Waals surface area (Å²) in [6, 6.07) is 5.22. The third-order valence-corrected chi connectivity index (χ3v) is 4.19. The molecule has 0 amide bonds. The maximum Gasteiger partial charge on any atom is 0.258 e. The Bertz CT molecular complexity index is 703. The molecule has 1 atom stereocenters. The van der Waals surface area contributed by atoms with Gasteiger partial charge in [0.15, 0.2) is 0 Å². The van der Waals surface area contributed by atoms with Crippen LogP contribution in [0, 0.1) is 5.92 Å². The van der Waals surface area contributed by atoms with E-state index in [0.29, 0.717) is 28.4 Å². The molecule has 1 saturated heterocycles. The zero-order chi connectivity index (χ0) is 14.8. The number of benzene rings is 1. The molecule has 0 spiro atoms. The minimum absolute atomic E-state index is 0. The van der Waals surface area contributed by atoms with E-state index in [9.17, 15) is 4.79 Å². The summed E-state index contributed by atoms with van der Waals surface area (Å²) in [5.41, 5.74) is 0.576. The number of H-pyrrole nitrogens is 1. The van der Waals surface area contributed by atoms with E-state index in [0.717, 1.165) is 25.5 Å². The fourth-order valence-corrected chi connectivity index (χ4v) is 3.13. The van der Waals surface area contributed by atoms with Gasteiger partial charge in [-0.3, -0.25) is 9.69 Å². The second-order valence-corrected chi connectivity index (χ2v) is 6.06. The van der Waals surface area contributed by atoms with Crippen molar-refractivity contribution in [3.05, 3.63) is 39.4 Å². The maximum atomic E-state index is 12.1. The number of fused-ring (bicyclic) bond motifs is 1. The molecule has 1 aromatic carbocycles. The van der Waals surface area contributed by atoms with Crippen molar-refractivity contribution in [2.75, 3.05) is 26.7 Å². The Hall–Kier alpha value is -1.14. The summed E-state index contributed by atoms with van der Waals surface area (Å²) < 4.78 is 0. The highest BCUT2D eigenvalue weighted by molar-refractivity contribution is 6.31. The number of nitrogens with zero attached hydrogens (tertiary/aromatic N) is 2. The molecule has 0 bridgehead atoms. The van der Waals surface area contributed by atoms with Gasteiger partial charge >= 0.3 is 0 Å². The molecule has 5 nitrogen and oxygen atoms in total. The minimum atomic E-state index is -0.122. The number of hydrogen-bond donors (Lipinski definition) is 2. The van der Waals surface area contributed by atoms with Crippen LogP contribution in [0.25, 0.3) is 10.9 Å². The molecule has 2 N–H and O–H groups in total. The van der Waals surface area contributed by atoms with Gasteiger partial charge in [0.2, 0.25) is 0 Å². The molecule has 22 heavy (non-hydrogen) atoms. The van der Waals surface area contributed by atoms with Crippen molar-refractivity contribution in [1.82, 2.24) is 20.2 Å². The van der Waals surface area contributed by atoms with E-state index in [-0.39, 0.29) is 18.0 Å². The molecule has 0 saturated carbocycles. The highest BCUT2D eigenvalue weighted by atomic mass is 35.5. The maximum absolute atomic E-state index is 12.1. The van der Waals surface area contributed by atoms with Gasteiger partial charge in [-0.1, -0.05) is 11.6 Å². The highest BCUT2D eigenvalue weighted by Gasteiger charge is 2.22. The lowest BCUT2D eigenvalue weighted by atomic mass is 10.1. The Balaban J connectivity index is 0.00000176. The van der Waals surface area contributed by atoms with Crippen LogP contribution < -0.4 is 10.9 Å². The first-order valence-corrected chi connectivity index (χ1v) is 7.59. The number of aromatic nitrogens is 2. The molecule has 2 aromatic rings. The number of likely N-dealkylation sites (tertiary alicyclic amines) is 1. The van der Waals surface area contributed by atoms with Gasteiger partial charge in [0.1, 0.15) is 5.82 Å². The molecule has 7 heteroatoms. The molecule has 1 unspecified atom stereocenters. The van der Waals surface area contributed by atoms with Crippen LogP contribution in [-0.2, 0) is 6.54 Å². The topological polar surface area (TPSA) is 61.0 Å². The summed E-state index contributed by atoms with van der Waals surface area (Å²) in [5, 5.41) is 4.32. The van der Waals surface area contributed by atoms with E-state index in [4.69, 9.17) is 11.6 Å². The number of aromatic amines is 1. The van der Waals surface area contributed by atoms with E-state index in [1.54, 1.807) is 18.2 Å². The Morgan fingerprint density at radius 1 is 1.50 bits per heavy atom. The van der Waals surface area contributed by atoms with E-state index in [1.165, 1.54) is 6.42 Å². The number of halogens is 2. The molecule has 2 heterocycles. The Kier molecular flexibility index (Phi) is 5.81. The van der Waals surface area contributed by atoms with E-state index in [2.05, 4.69) is 20.2 Å². The van der Waals surface area contributed by atoms with Crippen LogP contribution in [0.3, 0.4) is 0 Å². The van der Waals surface area contributed by atoms with E-state index in [1.807, 2.05) is 7.05 Å². The first-order chi connectivity index (χ1) is 10.2. The lowest BCUT2D eigenvalue weighted by Gasteiger charge is -2.15. The molecule has 0 radical (unpaired) electrons. The van der Waals surface area contributed by atoms with Crippen molar-refractivity contribution in [3.63, 3.8) is 0 Å². The van der Waals surface area contributed by atoms with Crippen LogP contribution in [0.5, 0.6) is 0 Å². The fraction of sp³-hybridized carbons (Fsp3) is 0.467. The van der Waals surface area contributed by atoms with Crippen LogP contribution in [0.2, 0.25) is 5.02 Å². The fourth-order valence-electron chi connectivity index (χ4n) is 2.96. The van der Waals surface area contributed by atoms with Gasteiger partial charge in [-0.15, -0.1) is 12.4 Å². The van der Waals surface area contributed by atoms with Crippen LogP contribution >= 0.6 is 24.0 Å². The summed E-state index contributed by atoms with van der Waals surface area (Å²) in [6.45, 7) is 3.82. The van der Waals surface area contributed by atoms with Crippen LogP contribution in [-0.4, -0.2) is 41.5 Å². The summed E-state index contributed by atoms with van der Waals surface area (Å²) in [6.07, 6.45) is 1.19. The van der Waals surface area contributed by atoms with Crippen molar-refractivity contribution < 1.29 is 0 Å². The number of hydrogen-bond acceptors (Lipinski definition) is 4. The second kappa shape index (κ2) is 7.42. The van der Waals surface area contributed by atoms with Gasteiger partial charge in [0.05, 0.1) is 17.4 Å². The quantitative estimate of drug-likeness (QED) is 0.892. The van der Waals surface area contributed by atoms with Crippen LogP contribution in [0.4, 0.5) is 0 Å². The van der Waals surface area contributed by atoms with E-state index < -0.39 is 0 Å². The molecular weight excluding hydrogens is 323 g/mol. The molecule has 1 fully saturated rings. The smallest absolute Gasteiger partial charge is 0.258 e. The van der Waals surface area contributed by atoms with E-state index >= 15 is 0 Å². The standard InChI is InChI=1S/C15H19ClN4O.ClH/c1-17-7-10-4-5-20(8-10)9-14-18-13-3-2-11(16)6-12(13)15(21)19-14;/h2-3,6,10,17H,4-5,7-9H2,1H3,(H,18,19,21);1H. The zero-order valence-electron chi connectivity index (χ0n) is 12.4. The number of nitrogens with one attached hydrogen (secondary N) is 2. The second-order valence-electron chi connectivity index (χ2n) is 5.62. The van der Waals surface area contributed by atoms with Gasteiger partial charge in [0.25, 0.3) is 5.56 Å². The third-order valence-electron chi connectivity index (χ3n) is 3.95. The Morgan fingerprint density at radius 3 is 3.09 bits per heavy atom. The van der Waals surface area contributed by atoms with Crippen molar-refractivity contribution >= 4 is 34.9 Å².